The number of aromatic nitrogens is 2. The van der Waals surface area contributed by atoms with Crippen molar-refractivity contribution in [2.24, 2.45) is 11.1 Å². The number of fused-ring (bicyclic) bond motifs is 1. The van der Waals surface area contributed by atoms with Gasteiger partial charge in [0.1, 0.15) is 11.4 Å². The Balaban J connectivity index is 1.59. The van der Waals surface area contributed by atoms with Crippen LogP contribution >= 0.6 is 22.7 Å². The second-order valence-electron chi connectivity index (χ2n) is 7.08. The van der Waals surface area contributed by atoms with Crippen molar-refractivity contribution in [2.45, 2.75) is 31.1 Å². The number of hydrogen-bond acceptors (Lipinski definition) is 5. The lowest BCUT2D eigenvalue weighted by Crippen LogP contribution is -2.30. The Morgan fingerprint density at radius 2 is 1.92 bits per heavy atom. The molecule has 0 saturated heterocycles. The summed E-state index contributed by atoms with van der Waals surface area (Å²) in [5, 5.41) is 29.7. The third-order valence-corrected chi connectivity index (χ3v) is 7.15. The van der Waals surface area contributed by atoms with E-state index in [1.807, 2.05) is 0 Å². The van der Waals surface area contributed by atoms with Crippen LogP contribution in [0.3, 0.4) is 0 Å². The number of aromatic amines is 1. The number of thiophene rings is 2. The number of rotatable bonds is 4. The first kappa shape index (κ1) is 16.0. The van der Waals surface area contributed by atoms with Crippen molar-refractivity contribution in [3.05, 3.63) is 67.8 Å². The Kier molecular flexibility index (Phi) is 3.83. The van der Waals surface area contributed by atoms with Gasteiger partial charge in [0, 0.05) is 29.0 Å². The summed E-state index contributed by atoms with van der Waals surface area (Å²) >= 11 is 3.46. The van der Waals surface area contributed by atoms with E-state index >= 15 is 0 Å². The Hall–Kier alpha value is -2.18. The minimum atomic E-state index is -0.163. The zero-order chi connectivity index (χ0) is 17.6. The Morgan fingerprint density at radius 1 is 1.19 bits per heavy atom. The average Bonchev–Trinajstić information content (AvgIpc) is 3.38. The minimum absolute atomic E-state index is 0.163. The van der Waals surface area contributed by atoms with Gasteiger partial charge in [0.2, 0.25) is 0 Å². The summed E-state index contributed by atoms with van der Waals surface area (Å²) in [4.78, 5) is 0. The second-order valence-corrected chi connectivity index (χ2v) is 8.64. The van der Waals surface area contributed by atoms with Crippen molar-refractivity contribution in [3.8, 4) is 0 Å². The van der Waals surface area contributed by atoms with Gasteiger partial charge in [0.05, 0.1) is 0 Å². The van der Waals surface area contributed by atoms with Crippen molar-refractivity contribution in [1.82, 2.24) is 10.2 Å². The molecule has 0 amide bonds. The molecule has 1 fully saturated rings. The first-order chi connectivity index (χ1) is 12.8. The maximum atomic E-state index is 9.55. The Labute approximate surface area is 159 Å². The van der Waals surface area contributed by atoms with E-state index in [2.05, 4.69) is 61.2 Å². The van der Waals surface area contributed by atoms with E-state index in [-0.39, 0.29) is 5.41 Å². The SMILES string of the molecule is ON=C(c1n[nH]c2c1C=CC(c1ccsc1)(c1ccsc1)C2)C1CCC1. The summed E-state index contributed by atoms with van der Waals surface area (Å²) in [6, 6.07) is 4.42. The van der Waals surface area contributed by atoms with Crippen molar-refractivity contribution in [1.29, 1.82) is 0 Å². The highest BCUT2D eigenvalue weighted by Gasteiger charge is 2.38. The topological polar surface area (TPSA) is 61.3 Å². The van der Waals surface area contributed by atoms with Gasteiger partial charge in [0.15, 0.2) is 0 Å². The highest BCUT2D eigenvalue weighted by molar-refractivity contribution is 7.08. The molecule has 2 N–H and O–H groups in total. The van der Waals surface area contributed by atoms with Gasteiger partial charge in [0.25, 0.3) is 0 Å². The van der Waals surface area contributed by atoms with Gasteiger partial charge in [-0.3, -0.25) is 5.10 Å². The van der Waals surface area contributed by atoms with Crippen LogP contribution in [-0.4, -0.2) is 21.1 Å². The van der Waals surface area contributed by atoms with Crippen LogP contribution in [0, 0.1) is 5.92 Å². The quantitative estimate of drug-likeness (QED) is 0.377. The van der Waals surface area contributed by atoms with E-state index in [9.17, 15) is 5.21 Å². The zero-order valence-corrected chi connectivity index (χ0v) is 15.8. The zero-order valence-electron chi connectivity index (χ0n) is 14.2. The number of allylic oxidation sites excluding steroid dienone is 1. The standard InChI is InChI=1S/C20H19N3OS2/c24-23-18(13-2-1-3-13)19-16-4-7-20(10-17(16)21-22-19,14-5-8-25-11-14)15-6-9-26-12-15/h4-9,11-13,24H,1-3,10H2,(H,21,22). The molecule has 0 spiro atoms. The fourth-order valence-electron chi connectivity index (χ4n) is 4.06. The van der Waals surface area contributed by atoms with Crippen molar-refractivity contribution in [3.63, 3.8) is 0 Å². The Bertz CT molecular complexity index is 929. The molecule has 1 saturated carbocycles. The normalized spacial score (nSPS) is 19.3. The van der Waals surface area contributed by atoms with Crippen LogP contribution in [0.2, 0.25) is 0 Å². The molecule has 5 rings (SSSR count). The van der Waals surface area contributed by atoms with Crippen molar-refractivity contribution >= 4 is 34.5 Å². The first-order valence-corrected chi connectivity index (χ1v) is 10.7. The third-order valence-electron chi connectivity index (χ3n) is 5.79. The number of nitrogens with one attached hydrogen (secondary N) is 1. The number of nitrogens with zero attached hydrogens (tertiary/aromatic N) is 2. The van der Waals surface area contributed by atoms with Crippen LogP contribution in [0.4, 0.5) is 0 Å². The van der Waals surface area contributed by atoms with Crippen LogP contribution in [0.25, 0.3) is 6.08 Å². The van der Waals surface area contributed by atoms with Gasteiger partial charge >= 0.3 is 0 Å². The number of oxime groups is 1. The molecule has 0 unspecified atom stereocenters. The lowest BCUT2D eigenvalue weighted by atomic mass is 9.70. The van der Waals surface area contributed by atoms with E-state index in [1.165, 1.54) is 17.5 Å². The van der Waals surface area contributed by atoms with Gasteiger partial charge in [-0.05, 0) is 57.6 Å². The van der Waals surface area contributed by atoms with Crippen LogP contribution < -0.4 is 0 Å². The highest BCUT2D eigenvalue weighted by atomic mass is 32.1. The predicted molar refractivity (Wildman–Crippen MR) is 106 cm³/mol. The molecule has 0 atom stereocenters. The molecule has 2 aliphatic carbocycles. The van der Waals surface area contributed by atoms with Gasteiger partial charge in [-0.15, -0.1) is 0 Å². The Morgan fingerprint density at radius 3 is 2.46 bits per heavy atom. The molecule has 0 bridgehead atoms. The van der Waals surface area contributed by atoms with Crippen molar-refractivity contribution < 1.29 is 5.21 Å². The number of hydrogen-bond donors (Lipinski definition) is 2. The maximum Gasteiger partial charge on any atom is 0.117 e. The van der Waals surface area contributed by atoms with Crippen molar-refractivity contribution in [2.75, 3.05) is 0 Å². The van der Waals surface area contributed by atoms with Gasteiger partial charge in [-0.2, -0.15) is 27.8 Å². The average molecular weight is 382 g/mol. The molecule has 6 heteroatoms. The summed E-state index contributed by atoms with van der Waals surface area (Å²) < 4.78 is 0. The highest BCUT2D eigenvalue weighted by Crippen LogP contribution is 2.43. The molecular weight excluding hydrogens is 362 g/mol. The van der Waals surface area contributed by atoms with E-state index in [1.54, 1.807) is 22.7 Å². The smallest absolute Gasteiger partial charge is 0.117 e. The molecule has 4 nitrogen and oxygen atoms in total. The fraction of sp³-hybridized carbons (Fsp3) is 0.300. The summed E-state index contributed by atoms with van der Waals surface area (Å²) in [5.74, 6) is 0.334. The molecule has 3 heterocycles. The van der Waals surface area contributed by atoms with Crippen LogP contribution in [0.15, 0.2) is 44.9 Å². The molecule has 26 heavy (non-hydrogen) atoms. The van der Waals surface area contributed by atoms with E-state index in [0.717, 1.165) is 41.9 Å². The lowest BCUT2D eigenvalue weighted by molar-refractivity contribution is 0.305. The second kappa shape index (κ2) is 6.21. The summed E-state index contributed by atoms with van der Waals surface area (Å²) in [6.07, 6.45) is 8.66. The van der Waals surface area contributed by atoms with Gasteiger partial charge < -0.3 is 5.21 Å². The maximum absolute atomic E-state index is 9.55. The molecule has 3 aromatic heterocycles. The molecule has 0 aromatic carbocycles. The molecular formula is C20H19N3OS2. The monoisotopic (exact) mass is 381 g/mol. The van der Waals surface area contributed by atoms with E-state index in [4.69, 9.17) is 0 Å². The summed E-state index contributed by atoms with van der Waals surface area (Å²) in [7, 11) is 0. The fourth-order valence-corrected chi connectivity index (χ4v) is 5.54. The molecule has 132 valence electrons. The van der Waals surface area contributed by atoms with Crippen LogP contribution in [0.5, 0.6) is 0 Å². The van der Waals surface area contributed by atoms with Crippen LogP contribution in [0.1, 0.15) is 47.3 Å². The lowest BCUT2D eigenvalue weighted by Gasteiger charge is -2.32. The van der Waals surface area contributed by atoms with Gasteiger partial charge in [-0.1, -0.05) is 23.7 Å². The summed E-state index contributed by atoms with van der Waals surface area (Å²) in [6.45, 7) is 0. The number of H-pyrrole nitrogens is 1. The molecule has 0 aliphatic heterocycles. The summed E-state index contributed by atoms with van der Waals surface area (Å²) in [5.41, 5.74) is 6.20. The largest absolute Gasteiger partial charge is 0.411 e. The van der Waals surface area contributed by atoms with E-state index < -0.39 is 0 Å². The molecule has 0 radical (unpaired) electrons. The van der Waals surface area contributed by atoms with Crippen LogP contribution in [-0.2, 0) is 11.8 Å². The minimum Gasteiger partial charge on any atom is -0.411 e. The van der Waals surface area contributed by atoms with E-state index in [0.29, 0.717) is 5.92 Å². The third kappa shape index (κ3) is 2.32. The molecule has 2 aliphatic rings. The molecule has 3 aromatic rings. The predicted octanol–water partition coefficient (Wildman–Crippen LogP) is 5.07. The van der Waals surface area contributed by atoms with Gasteiger partial charge in [-0.25, -0.2) is 0 Å². The first-order valence-electron chi connectivity index (χ1n) is 8.86.